The first-order chi connectivity index (χ1) is 10.4. The second kappa shape index (κ2) is 6.51. The van der Waals surface area contributed by atoms with Gasteiger partial charge in [0.2, 0.25) is 0 Å². The van der Waals surface area contributed by atoms with E-state index in [-0.39, 0.29) is 12.2 Å². The number of methoxy groups -OCH3 is 1. The predicted molar refractivity (Wildman–Crippen MR) is 74.2 cm³/mol. The van der Waals surface area contributed by atoms with Crippen molar-refractivity contribution in [2.75, 3.05) is 7.11 Å². The third kappa shape index (κ3) is 3.78. The monoisotopic (exact) mass is 310 g/mol. The highest BCUT2D eigenvalue weighted by molar-refractivity contribution is 6.01. The molecule has 2 rings (SSSR count). The first kappa shape index (κ1) is 15.9. The molecule has 0 radical (unpaired) electrons. The van der Waals surface area contributed by atoms with Crippen LogP contribution in [0.2, 0.25) is 0 Å². The van der Waals surface area contributed by atoms with Crippen molar-refractivity contribution in [1.82, 2.24) is 0 Å². The number of alkyl halides is 3. The summed E-state index contributed by atoms with van der Waals surface area (Å²) in [6.45, 7) is -0.135. The summed E-state index contributed by atoms with van der Waals surface area (Å²) in [6.07, 6.45) is -4.91. The van der Waals surface area contributed by atoms with Crippen LogP contribution in [0.4, 0.5) is 13.2 Å². The maximum Gasteiger partial charge on any atom is 0.454 e. The summed E-state index contributed by atoms with van der Waals surface area (Å²) >= 11 is 0. The number of benzene rings is 2. The van der Waals surface area contributed by atoms with E-state index in [0.29, 0.717) is 11.5 Å². The number of carbonyl (C=O) groups is 1. The van der Waals surface area contributed by atoms with Gasteiger partial charge in [-0.15, -0.1) is 0 Å². The lowest BCUT2D eigenvalue weighted by molar-refractivity contribution is -0.0886. The Bertz CT molecular complexity index is 648. The molecule has 0 bridgehead atoms. The lowest BCUT2D eigenvalue weighted by Gasteiger charge is -2.12. The van der Waals surface area contributed by atoms with Crippen molar-refractivity contribution in [2.24, 2.45) is 0 Å². The molecule has 0 unspecified atom stereocenters. The van der Waals surface area contributed by atoms with Crippen molar-refractivity contribution in [3.8, 4) is 11.5 Å². The Morgan fingerprint density at radius 2 is 1.59 bits per heavy atom. The molecule has 0 aromatic heterocycles. The molecule has 0 heterocycles. The molecule has 0 aliphatic rings. The van der Waals surface area contributed by atoms with Gasteiger partial charge in [-0.25, -0.2) is 0 Å². The minimum atomic E-state index is -4.91. The molecule has 0 spiro atoms. The molecule has 0 aliphatic carbocycles. The molecule has 0 saturated heterocycles. The molecule has 116 valence electrons. The van der Waals surface area contributed by atoms with E-state index in [1.807, 2.05) is 0 Å². The largest absolute Gasteiger partial charge is 0.497 e. The first-order valence-electron chi connectivity index (χ1n) is 6.38. The molecule has 0 saturated carbocycles. The van der Waals surface area contributed by atoms with Crippen LogP contribution in [0.25, 0.3) is 0 Å². The van der Waals surface area contributed by atoms with Gasteiger partial charge in [-0.3, -0.25) is 4.79 Å². The fourth-order valence-corrected chi connectivity index (χ4v) is 1.85. The maximum absolute atomic E-state index is 12.6. The fourth-order valence-electron chi connectivity index (χ4n) is 1.85. The summed E-state index contributed by atoms with van der Waals surface area (Å²) in [5.41, 5.74) is -0.218. The van der Waals surface area contributed by atoms with Gasteiger partial charge in [0.25, 0.3) is 5.78 Å². The molecule has 2 aromatic carbocycles. The summed E-state index contributed by atoms with van der Waals surface area (Å²) in [4.78, 5) is 11.4. The Kier molecular flexibility index (Phi) is 4.70. The van der Waals surface area contributed by atoms with Gasteiger partial charge >= 0.3 is 6.18 Å². The summed E-state index contributed by atoms with van der Waals surface area (Å²) in [5.74, 6) is -0.767. The molecule has 0 N–H and O–H groups in total. The number of rotatable bonds is 5. The quantitative estimate of drug-likeness (QED) is 0.783. The minimum absolute atomic E-state index is 0.135. The standard InChI is InChI=1S/C16H13F3O3/c1-21-12-6-8-13(9-7-12)22-10-11-4-2-3-5-14(11)15(20)16(17,18)19/h2-9H,10H2,1H3. The molecule has 0 aliphatic heterocycles. The van der Waals surface area contributed by atoms with Crippen LogP contribution in [-0.2, 0) is 6.61 Å². The molecule has 2 aromatic rings. The molecular formula is C16H13F3O3. The van der Waals surface area contributed by atoms with Crippen molar-refractivity contribution in [3.05, 3.63) is 59.7 Å². The minimum Gasteiger partial charge on any atom is -0.497 e. The Hall–Kier alpha value is -2.50. The smallest absolute Gasteiger partial charge is 0.454 e. The highest BCUT2D eigenvalue weighted by Gasteiger charge is 2.40. The van der Waals surface area contributed by atoms with E-state index in [1.165, 1.54) is 19.2 Å². The second-order valence-corrected chi connectivity index (χ2v) is 4.45. The lowest BCUT2D eigenvalue weighted by atomic mass is 10.0. The van der Waals surface area contributed by atoms with Gasteiger partial charge in [-0.2, -0.15) is 13.2 Å². The lowest BCUT2D eigenvalue weighted by Crippen LogP contribution is -2.24. The van der Waals surface area contributed by atoms with E-state index in [0.717, 1.165) is 6.07 Å². The Morgan fingerprint density at radius 3 is 2.18 bits per heavy atom. The molecule has 0 fully saturated rings. The number of ketones is 1. The van der Waals surface area contributed by atoms with Gasteiger partial charge in [0.1, 0.15) is 18.1 Å². The van der Waals surface area contributed by atoms with Crippen LogP contribution in [0.1, 0.15) is 15.9 Å². The van der Waals surface area contributed by atoms with E-state index in [4.69, 9.17) is 9.47 Å². The van der Waals surface area contributed by atoms with E-state index in [2.05, 4.69) is 0 Å². The predicted octanol–water partition coefficient (Wildman–Crippen LogP) is 4.02. The fraction of sp³-hybridized carbons (Fsp3) is 0.188. The van der Waals surface area contributed by atoms with E-state index >= 15 is 0 Å². The van der Waals surface area contributed by atoms with Gasteiger partial charge in [-0.05, 0) is 24.3 Å². The summed E-state index contributed by atoms with van der Waals surface area (Å²) in [5, 5.41) is 0. The Morgan fingerprint density at radius 1 is 1.00 bits per heavy atom. The van der Waals surface area contributed by atoms with Crippen LogP contribution in [0.3, 0.4) is 0 Å². The number of Topliss-reactive ketones (excluding diaryl/α,β-unsaturated/α-hetero) is 1. The van der Waals surface area contributed by atoms with Crippen molar-refractivity contribution in [1.29, 1.82) is 0 Å². The average Bonchev–Trinajstić information content (AvgIpc) is 2.52. The third-order valence-electron chi connectivity index (χ3n) is 2.97. The molecule has 3 nitrogen and oxygen atoms in total. The molecular weight excluding hydrogens is 297 g/mol. The van der Waals surface area contributed by atoms with Gasteiger partial charge < -0.3 is 9.47 Å². The van der Waals surface area contributed by atoms with Crippen LogP contribution in [-0.4, -0.2) is 19.1 Å². The van der Waals surface area contributed by atoms with Gasteiger partial charge in [0.05, 0.1) is 7.11 Å². The summed E-state index contributed by atoms with van der Waals surface area (Å²) in [7, 11) is 1.52. The van der Waals surface area contributed by atoms with E-state index in [9.17, 15) is 18.0 Å². The van der Waals surface area contributed by atoms with Crippen LogP contribution >= 0.6 is 0 Å². The second-order valence-electron chi connectivity index (χ2n) is 4.45. The maximum atomic E-state index is 12.6. The topological polar surface area (TPSA) is 35.5 Å². The number of ether oxygens (including phenoxy) is 2. The number of hydrogen-bond acceptors (Lipinski definition) is 3. The molecule has 22 heavy (non-hydrogen) atoms. The zero-order chi connectivity index (χ0) is 16.2. The van der Waals surface area contributed by atoms with Crippen molar-refractivity contribution in [2.45, 2.75) is 12.8 Å². The third-order valence-corrected chi connectivity index (χ3v) is 2.97. The first-order valence-corrected chi connectivity index (χ1v) is 6.38. The summed E-state index contributed by atoms with van der Waals surface area (Å²) in [6, 6.07) is 12.1. The molecule has 0 amide bonds. The number of carbonyl (C=O) groups excluding carboxylic acids is 1. The van der Waals surface area contributed by atoms with Crippen LogP contribution in [0.15, 0.2) is 48.5 Å². The van der Waals surface area contributed by atoms with Crippen LogP contribution in [0.5, 0.6) is 11.5 Å². The normalized spacial score (nSPS) is 11.1. The van der Waals surface area contributed by atoms with Gasteiger partial charge in [0.15, 0.2) is 0 Å². The highest BCUT2D eigenvalue weighted by Crippen LogP contribution is 2.25. The Labute approximate surface area is 125 Å². The van der Waals surface area contributed by atoms with Gasteiger partial charge in [-0.1, -0.05) is 24.3 Å². The van der Waals surface area contributed by atoms with Crippen molar-refractivity contribution >= 4 is 5.78 Å². The van der Waals surface area contributed by atoms with Gasteiger partial charge in [0, 0.05) is 11.1 Å². The number of hydrogen-bond donors (Lipinski definition) is 0. The van der Waals surface area contributed by atoms with Crippen LogP contribution in [0, 0.1) is 0 Å². The zero-order valence-electron chi connectivity index (χ0n) is 11.7. The summed E-state index contributed by atoms with van der Waals surface area (Å²) < 4.78 is 48.1. The number of halogens is 3. The van der Waals surface area contributed by atoms with Crippen molar-refractivity contribution in [3.63, 3.8) is 0 Å². The van der Waals surface area contributed by atoms with E-state index < -0.39 is 17.5 Å². The molecule has 6 heteroatoms. The molecule has 0 atom stereocenters. The van der Waals surface area contributed by atoms with Crippen LogP contribution < -0.4 is 9.47 Å². The average molecular weight is 310 g/mol. The van der Waals surface area contributed by atoms with Crippen molar-refractivity contribution < 1.29 is 27.4 Å². The highest BCUT2D eigenvalue weighted by atomic mass is 19.4. The SMILES string of the molecule is COc1ccc(OCc2ccccc2C(=O)C(F)(F)F)cc1. The van der Waals surface area contributed by atoms with E-state index in [1.54, 1.807) is 30.3 Å². The Balaban J connectivity index is 2.14. The zero-order valence-corrected chi connectivity index (χ0v) is 11.7.